The average molecular weight is 298 g/mol. The van der Waals surface area contributed by atoms with Crippen LogP contribution < -0.4 is 4.65 Å². The number of aromatic carboxylic acids is 1. The highest BCUT2D eigenvalue weighted by Gasteiger charge is 2.39. The maximum Gasteiger partial charge on any atom is 0.526 e. The van der Waals surface area contributed by atoms with E-state index in [-0.39, 0.29) is 36.4 Å². The predicted octanol–water partition coefficient (Wildman–Crippen LogP) is 1.82. The van der Waals surface area contributed by atoms with Crippen molar-refractivity contribution in [2.75, 3.05) is 0 Å². The molecule has 1 aromatic rings. The van der Waals surface area contributed by atoms with Gasteiger partial charge in [-0.05, 0) is 18.1 Å². The summed E-state index contributed by atoms with van der Waals surface area (Å²) in [6, 6.07) is 0.840. The van der Waals surface area contributed by atoms with Gasteiger partial charge in [-0.15, -0.1) is 0 Å². The van der Waals surface area contributed by atoms with E-state index < -0.39 is 36.1 Å². The summed E-state index contributed by atoms with van der Waals surface area (Å²) in [5.74, 6) is -5.61. The first-order valence-electron chi connectivity index (χ1n) is 6.45. The predicted molar refractivity (Wildman–Crippen MR) is 69.3 cm³/mol. The van der Waals surface area contributed by atoms with Crippen LogP contribution >= 0.6 is 0 Å². The van der Waals surface area contributed by atoms with Gasteiger partial charge in [0.05, 0.1) is 0 Å². The normalized spacial score (nSPS) is 17.1. The van der Waals surface area contributed by atoms with Crippen molar-refractivity contribution >= 4 is 18.9 Å². The maximum atomic E-state index is 13.6. The molecule has 0 unspecified atom stereocenters. The molecule has 2 rings (SSSR count). The third-order valence-electron chi connectivity index (χ3n) is 3.47. The van der Waals surface area contributed by atoms with Crippen LogP contribution in [-0.2, 0) is 11.2 Å². The molecule has 1 aliphatic heterocycles. The van der Waals surface area contributed by atoms with Gasteiger partial charge in [0.25, 0.3) is 0 Å². The standard InChI is InChI=1S/C13H13BF2O5/c1-2-8(17)5-7-3-6-4-9(15)11(16)10(13(18)19)12(6)21-14(7)20/h4,7,20H,2-3,5H2,1H3,(H,18,19)/t7-/m1/s1. The van der Waals surface area contributed by atoms with Crippen LogP contribution in [-0.4, -0.2) is 29.0 Å². The van der Waals surface area contributed by atoms with Gasteiger partial charge in [0.2, 0.25) is 0 Å². The Hall–Kier alpha value is -1.96. The van der Waals surface area contributed by atoms with Crippen LogP contribution in [0.4, 0.5) is 8.78 Å². The second kappa shape index (κ2) is 5.81. The van der Waals surface area contributed by atoms with Crippen molar-refractivity contribution in [3.63, 3.8) is 0 Å². The molecule has 0 radical (unpaired) electrons. The van der Waals surface area contributed by atoms with Crippen LogP contribution in [0.3, 0.4) is 0 Å². The van der Waals surface area contributed by atoms with E-state index in [0.29, 0.717) is 0 Å². The molecule has 0 saturated carbocycles. The molecule has 5 nitrogen and oxygen atoms in total. The summed E-state index contributed by atoms with van der Waals surface area (Å²) >= 11 is 0. The van der Waals surface area contributed by atoms with Gasteiger partial charge in [-0.3, -0.25) is 4.79 Å². The summed E-state index contributed by atoms with van der Waals surface area (Å²) < 4.78 is 32.0. The first-order chi connectivity index (χ1) is 9.85. The fraction of sp³-hybridized carbons (Fsp3) is 0.385. The first-order valence-corrected chi connectivity index (χ1v) is 6.45. The minimum atomic E-state index is -1.68. The Labute approximate surface area is 119 Å². The smallest absolute Gasteiger partial charge is 0.526 e. The van der Waals surface area contributed by atoms with E-state index in [1.165, 1.54) is 0 Å². The molecule has 0 aliphatic carbocycles. The molecule has 0 saturated heterocycles. The Kier molecular flexibility index (Phi) is 4.27. The number of hydrogen-bond donors (Lipinski definition) is 2. The van der Waals surface area contributed by atoms with E-state index >= 15 is 0 Å². The van der Waals surface area contributed by atoms with Crippen molar-refractivity contribution in [2.45, 2.75) is 32.0 Å². The molecule has 0 fully saturated rings. The van der Waals surface area contributed by atoms with E-state index in [1.54, 1.807) is 6.92 Å². The van der Waals surface area contributed by atoms with Crippen LogP contribution in [0.2, 0.25) is 5.82 Å². The van der Waals surface area contributed by atoms with Crippen LogP contribution in [0.1, 0.15) is 35.7 Å². The summed E-state index contributed by atoms with van der Waals surface area (Å²) in [7, 11) is -1.43. The summed E-state index contributed by atoms with van der Waals surface area (Å²) in [4.78, 5) is 22.5. The molecule has 21 heavy (non-hydrogen) atoms. The number of benzene rings is 1. The van der Waals surface area contributed by atoms with Gasteiger partial charge in [0, 0.05) is 18.7 Å². The van der Waals surface area contributed by atoms with Crippen molar-refractivity contribution < 1.29 is 33.2 Å². The summed E-state index contributed by atoms with van der Waals surface area (Å²) in [5, 5.41) is 18.8. The highest BCUT2D eigenvalue weighted by atomic mass is 19.2. The maximum absolute atomic E-state index is 13.6. The van der Waals surface area contributed by atoms with Gasteiger partial charge in [-0.2, -0.15) is 0 Å². The van der Waals surface area contributed by atoms with Crippen molar-refractivity contribution in [2.24, 2.45) is 0 Å². The zero-order valence-corrected chi connectivity index (χ0v) is 11.2. The lowest BCUT2D eigenvalue weighted by atomic mass is 9.64. The largest absolute Gasteiger partial charge is 0.535 e. The summed E-state index contributed by atoms with van der Waals surface area (Å²) in [6.45, 7) is 1.67. The van der Waals surface area contributed by atoms with Crippen molar-refractivity contribution in [3.8, 4) is 5.75 Å². The third-order valence-corrected chi connectivity index (χ3v) is 3.47. The number of halogens is 2. The average Bonchev–Trinajstić information content (AvgIpc) is 2.41. The van der Waals surface area contributed by atoms with Crippen LogP contribution in [0, 0.1) is 11.6 Å². The minimum Gasteiger partial charge on any atom is -0.535 e. The Morgan fingerprint density at radius 3 is 2.71 bits per heavy atom. The molecule has 0 aromatic heterocycles. The van der Waals surface area contributed by atoms with E-state index in [9.17, 15) is 23.4 Å². The molecular formula is C13H13BF2O5. The number of carbonyl (C=O) groups is 2. The van der Waals surface area contributed by atoms with E-state index in [2.05, 4.69) is 0 Å². The monoisotopic (exact) mass is 298 g/mol. The Morgan fingerprint density at radius 2 is 2.14 bits per heavy atom. The highest BCUT2D eigenvalue weighted by molar-refractivity contribution is 6.47. The Morgan fingerprint density at radius 1 is 1.48 bits per heavy atom. The topological polar surface area (TPSA) is 83.8 Å². The third kappa shape index (κ3) is 2.90. The molecule has 1 aromatic carbocycles. The van der Waals surface area contributed by atoms with Crippen molar-refractivity contribution in [1.29, 1.82) is 0 Å². The van der Waals surface area contributed by atoms with Crippen LogP contribution in [0.15, 0.2) is 6.07 Å². The second-order valence-electron chi connectivity index (χ2n) is 4.91. The lowest BCUT2D eigenvalue weighted by Crippen LogP contribution is -2.36. The van der Waals surface area contributed by atoms with Crippen molar-refractivity contribution in [1.82, 2.24) is 0 Å². The molecule has 2 N–H and O–H groups in total. The number of rotatable bonds is 4. The Balaban J connectivity index is 2.42. The number of carbonyl (C=O) groups excluding carboxylic acids is 1. The van der Waals surface area contributed by atoms with Crippen molar-refractivity contribution in [3.05, 3.63) is 28.8 Å². The molecule has 8 heteroatoms. The Bertz CT molecular complexity index is 605. The fourth-order valence-electron chi connectivity index (χ4n) is 2.35. The van der Waals surface area contributed by atoms with Crippen LogP contribution in [0.5, 0.6) is 5.75 Å². The number of ketones is 1. The summed E-state index contributed by atoms with van der Waals surface area (Å²) in [6.07, 6.45) is 0.354. The number of hydrogen-bond acceptors (Lipinski definition) is 4. The molecule has 1 heterocycles. The summed E-state index contributed by atoms with van der Waals surface area (Å²) in [5.41, 5.74) is -0.810. The number of carboxylic acid groups (broad SMARTS) is 1. The van der Waals surface area contributed by atoms with Gasteiger partial charge in [-0.1, -0.05) is 6.92 Å². The van der Waals surface area contributed by atoms with Gasteiger partial charge in [0.15, 0.2) is 11.6 Å². The quantitative estimate of drug-likeness (QED) is 0.828. The first kappa shape index (κ1) is 15.4. The molecular weight excluding hydrogens is 285 g/mol. The van der Waals surface area contributed by atoms with Gasteiger partial charge in [0.1, 0.15) is 17.1 Å². The van der Waals surface area contributed by atoms with E-state index in [4.69, 9.17) is 9.76 Å². The molecule has 0 bridgehead atoms. The lowest BCUT2D eigenvalue weighted by molar-refractivity contribution is -0.118. The molecule has 0 spiro atoms. The van der Waals surface area contributed by atoms with E-state index in [0.717, 1.165) is 6.07 Å². The van der Waals surface area contributed by atoms with Gasteiger partial charge >= 0.3 is 13.1 Å². The molecule has 0 amide bonds. The minimum absolute atomic E-state index is 0.0263. The second-order valence-corrected chi connectivity index (χ2v) is 4.91. The highest BCUT2D eigenvalue weighted by Crippen LogP contribution is 2.38. The van der Waals surface area contributed by atoms with E-state index in [1.807, 2.05) is 0 Å². The number of fused-ring (bicyclic) bond motifs is 1. The zero-order chi connectivity index (χ0) is 15.7. The van der Waals surface area contributed by atoms with Crippen LogP contribution in [0.25, 0.3) is 0 Å². The van der Waals surface area contributed by atoms with Gasteiger partial charge in [-0.25, -0.2) is 13.6 Å². The molecule has 1 aliphatic rings. The van der Waals surface area contributed by atoms with Gasteiger partial charge < -0.3 is 14.8 Å². The molecule has 112 valence electrons. The molecule has 1 atom stereocenters. The lowest BCUT2D eigenvalue weighted by Gasteiger charge is -2.28. The number of carboxylic acids is 1. The fourth-order valence-corrected chi connectivity index (χ4v) is 2.35. The SMILES string of the molecule is CCC(=O)C[C@H]1Cc2cc(F)c(F)c(C(=O)O)c2OB1O. The number of Topliss-reactive ketones (excluding diaryl/α,β-unsaturated/α-hetero) is 1. The zero-order valence-electron chi connectivity index (χ0n) is 11.2.